The number of benzene rings is 1. The smallest absolute Gasteiger partial charge is 0.355 e. The van der Waals surface area contributed by atoms with Crippen LogP contribution in [0.4, 0.5) is 5.69 Å². The fourth-order valence-corrected chi connectivity index (χ4v) is 3.08. The van der Waals surface area contributed by atoms with Gasteiger partial charge in [0.05, 0.1) is 18.3 Å². The van der Waals surface area contributed by atoms with Gasteiger partial charge in [0.15, 0.2) is 6.61 Å². The zero-order chi connectivity index (χ0) is 23.8. The van der Waals surface area contributed by atoms with Crippen molar-refractivity contribution in [2.24, 2.45) is 0 Å². The molecule has 2 aromatic rings. The lowest BCUT2D eigenvalue weighted by Crippen LogP contribution is -2.39. The molecule has 172 valence electrons. The molecule has 1 heterocycles. The fourth-order valence-electron chi connectivity index (χ4n) is 3.08. The van der Waals surface area contributed by atoms with Crippen molar-refractivity contribution in [2.75, 3.05) is 24.7 Å². The molecule has 1 N–H and O–H groups in total. The number of aromatic amines is 1. The maximum Gasteiger partial charge on any atom is 0.355 e. The molecule has 32 heavy (non-hydrogen) atoms. The maximum atomic E-state index is 12.8. The largest absolute Gasteiger partial charge is 0.465 e. The van der Waals surface area contributed by atoms with E-state index < -0.39 is 30.4 Å². The molecule has 0 unspecified atom stereocenters. The Morgan fingerprint density at radius 1 is 1.00 bits per heavy atom. The SMILES string of the molecule is CCOC(=O)CN(C(=O)COC(=O)c1[nH]c(C)c(C(=O)OC(C)C)c1C)c1ccccc1. The van der Waals surface area contributed by atoms with E-state index in [-0.39, 0.29) is 30.5 Å². The van der Waals surface area contributed by atoms with Crippen LogP contribution in [0.3, 0.4) is 0 Å². The number of hydrogen-bond donors (Lipinski definition) is 1. The van der Waals surface area contributed by atoms with Gasteiger partial charge in [0.25, 0.3) is 5.91 Å². The van der Waals surface area contributed by atoms with Crippen molar-refractivity contribution in [1.82, 2.24) is 4.98 Å². The summed E-state index contributed by atoms with van der Waals surface area (Å²) >= 11 is 0. The third-order valence-electron chi connectivity index (χ3n) is 4.48. The second kappa shape index (κ2) is 11.1. The third kappa shape index (κ3) is 6.19. The van der Waals surface area contributed by atoms with Crippen LogP contribution in [0.2, 0.25) is 0 Å². The number of H-pyrrole nitrogens is 1. The van der Waals surface area contributed by atoms with E-state index in [0.717, 1.165) is 0 Å². The van der Waals surface area contributed by atoms with E-state index in [1.165, 1.54) is 4.90 Å². The molecule has 0 aliphatic heterocycles. The normalized spacial score (nSPS) is 10.6. The van der Waals surface area contributed by atoms with Gasteiger partial charge in [0.1, 0.15) is 12.2 Å². The lowest BCUT2D eigenvalue weighted by molar-refractivity contribution is -0.142. The first kappa shape index (κ1) is 24.6. The van der Waals surface area contributed by atoms with Crippen molar-refractivity contribution in [1.29, 1.82) is 0 Å². The number of nitrogens with one attached hydrogen (secondary N) is 1. The van der Waals surface area contributed by atoms with E-state index in [1.807, 2.05) is 0 Å². The minimum Gasteiger partial charge on any atom is -0.465 e. The molecule has 0 spiro atoms. The quantitative estimate of drug-likeness (QED) is 0.467. The number of para-hydroxylation sites is 1. The molecule has 0 saturated carbocycles. The van der Waals surface area contributed by atoms with Crippen LogP contribution >= 0.6 is 0 Å². The molecule has 0 bridgehead atoms. The Balaban J connectivity index is 2.14. The van der Waals surface area contributed by atoms with Crippen LogP contribution in [0.15, 0.2) is 30.3 Å². The molecule has 1 aromatic carbocycles. The Morgan fingerprint density at radius 2 is 1.66 bits per heavy atom. The Morgan fingerprint density at radius 3 is 2.25 bits per heavy atom. The Hall–Kier alpha value is -3.62. The Kier molecular flexibility index (Phi) is 8.57. The third-order valence-corrected chi connectivity index (χ3v) is 4.48. The zero-order valence-corrected chi connectivity index (χ0v) is 18.9. The first-order valence-corrected chi connectivity index (χ1v) is 10.2. The zero-order valence-electron chi connectivity index (χ0n) is 18.9. The molecule has 0 aliphatic carbocycles. The number of aromatic nitrogens is 1. The van der Waals surface area contributed by atoms with Crippen molar-refractivity contribution in [3.05, 3.63) is 52.8 Å². The Bertz CT molecular complexity index is 980. The summed E-state index contributed by atoms with van der Waals surface area (Å²) < 4.78 is 15.3. The van der Waals surface area contributed by atoms with Gasteiger partial charge in [-0.2, -0.15) is 0 Å². The average molecular weight is 444 g/mol. The number of hydrogen-bond acceptors (Lipinski definition) is 7. The molecule has 9 heteroatoms. The van der Waals surface area contributed by atoms with Crippen molar-refractivity contribution >= 4 is 29.5 Å². The minimum atomic E-state index is -0.799. The van der Waals surface area contributed by atoms with E-state index in [2.05, 4.69) is 4.98 Å². The number of carbonyl (C=O) groups is 4. The van der Waals surface area contributed by atoms with Crippen LogP contribution in [0.5, 0.6) is 0 Å². The molecule has 0 fully saturated rings. The first-order valence-electron chi connectivity index (χ1n) is 10.2. The molecule has 0 saturated heterocycles. The Labute approximate surface area is 186 Å². The molecule has 0 radical (unpaired) electrons. The van der Waals surface area contributed by atoms with Crippen LogP contribution in [0, 0.1) is 13.8 Å². The highest BCUT2D eigenvalue weighted by Crippen LogP contribution is 2.21. The summed E-state index contributed by atoms with van der Waals surface area (Å²) in [6.07, 6.45) is -0.312. The number of ether oxygens (including phenoxy) is 3. The van der Waals surface area contributed by atoms with Gasteiger partial charge in [-0.3, -0.25) is 14.5 Å². The maximum absolute atomic E-state index is 12.8. The van der Waals surface area contributed by atoms with Gasteiger partial charge in [-0.1, -0.05) is 18.2 Å². The van der Waals surface area contributed by atoms with E-state index in [0.29, 0.717) is 16.9 Å². The van der Waals surface area contributed by atoms with E-state index in [4.69, 9.17) is 14.2 Å². The molecule has 2 rings (SSSR count). The monoisotopic (exact) mass is 444 g/mol. The molecule has 0 atom stereocenters. The summed E-state index contributed by atoms with van der Waals surface area (Å²) in [5, 5.41) is 0. The summed E-state index contributed by atoms with van der Waals surface area (Å²) in [6, 6.07) is 8.52. The van der Waals surface area contributed by atoms with Crippen molar-refractivity contribution in [3.8, 4) is 0 Å². The summed E-state index contributed by atoms with van der Waals surface area (Å²) in [7, 11) is 0. The van der Waals surface area contributed by atoms with Gasteiger partial charge in [0.2, 0.25) is 0 Å². The van der Waals surface area contributed by atoms with E-state index in [1.54, 1.807) is 65.0 Å². The van der Waals surface area contributed by atoms with Crippen molar-refractivity contribution in [3.63, 3.8) is 0 Å². The van der Waals surface area contributed by atoms with Crippen LogP contribution in [0.25, 0.3) is 0 Å². The number of amides is 1. The second-order valence-electron chi connectivity index (χ2n) is 7.28. The standard InChI is InChI=1S/C23H28N2O7/c1-6-30-19(27)12-25(17-10-8-7-9-11-17)18(26)13-31-23(29)21-15(4)20(16(5)24-21)22(28)32-14(2)3/h7-11,14,24H,6,12-13H2,1-5H3. The number of carbonyl (C=O) groups excluding carboxylic acids is 4. The molecule has 0 aliphatic rings. The van der Waals surface area contributed by atoms with Gasteiger partial charge in [-0.05, 0) is 52.3 Å². The van der Waals surface area contributed by atoms with Crippen LogP contribution in [-0.4, -0.2) is 54.7 Å². The number of aryl methyl sites for hydroxylation is 1. The van der Waals surface area contributed by atoms with Gasteiger partial charge >= 0.3 is 17.9 Å². The molecule has 9 nitrogen and oxygen atoms in total. The number of esters is 3. The topological polar surface area (TPSA) is 115 Å². The second-order valence-corrected chi connectivity index (χ2v) is 7.28. The molecular weight excluding hydrogens is 416 g/mol. The van der Waals surface area contributed by atoms with Crippen LogP contribution in [0.1, 0.15) is 52.9 Å². The first-order chi connectivity index (χ1) is 15.1. The van der Waals surface area contributed by atoms with Crippen LogP contribution in [-0.2, 0) is 23.8 Å². The van der Waals surface area contributed by atoms with E-state index in [9.17, 15) is 19.2 Å². The highest BCUT2D eigenvalue weighted by molar-refractivity contribution is 6.01. The predicted molar refractivity (Wildman–Crippen MR) is 117 cm³/mol. The van der Waals surface area contributed by atoms with E-state index >= 15 is 0 Å². The lowest BCUT2D eigenvalue weighted by Gasteiger charge is -2.21. The number of anilines is 1. The van der Waals surface area contributed by atoms with Gasteiger partial charge < -0.3 is 19.2 Å². The fraction of sp³-hybridized carbons (Fsp3) is 0.391. The average Bonchev–Trinajstić information content (AvgIpc) is 3.04. The molecular formula is C23H28N2O7. The lowest BCUT2D eigenvalue weighted by atomic mass is 10.1. The highest BCUT2D eigenvalue weighted by Gasteiger charge is 2.26. The number of rotatable bonds is 9. The minimum absolute atomic E-state index is 0.0580. The number of nitrogens with zero attached hydrogens (tertiary/aromatic N) is 1. The van der Waals surface area contributed by atoms with Gasteiger partial charge in [-0.25, -0.2) is 9.59 Å². The summed E-state index contributed by atoms with van der Waals surface area (Å²) in [5.41, 5.74) is 1.61. The van der Waals surface area contributed by atoms with Crippen LogP contribution < -0.4 is 4.90 Å². The molecule has 1 aromatic heterocycles. The summed E-state index contributed by atoms with van der Waals surface area (Å²) in [6.45, 7) is 7.61. The van der Waals surface area contributed by atoms with Gasteiger partial charge in [0, 0.05) is 11.4 Å². The van der Waals surface area contributed by atoms with Gasteiger partial charge in [-0.15, -0.1) is 0 Å². The van der Waals surface area contributed by atoms with Crippen molar-refractivity contribution in [2.45, 2.75) is 40.7 Å². The summed E-state index contributed by atoms with van der Waals surface area (Å²) in [5.74, 6) is -2.53. The van der Waals surface area contributed by atoms with Crippen molar-refractivity contribution < 1.29 is 33.4 Å². The highest BCUT2D eigenvalue weighted by atomic mass is 16.5. The predicted octanol–water partition coefficient (Wildman–Crippen LogP) is 2.95. The summed E-state index contributed by atoms with van der Waals surface area (Å²) in [4.78, 5) is 53.6. The molecule has 1 amide bonds.